The molecule has 4 N–H and O–H groups in total. The van der Waals surface area contributed by atoms with Crippen molar-refractivity contribution in [3.63, 3.8) is 0 Å². The Morgan fingerprint density at radius 1 is 1.28 bits per heavy atom. The summed E-state index contributed by atoms with van der Waals surface area (Å²) in [6.07, 6.45) is 8.69. The first kappa shape index (κ1) is 12.4. The van der Waals surface area contributed by atoms with E-state index in [-0.39, 0.29) is 18.0 Å². The monoisotopic (exact) mass is 251 g/mol. The second-order valence-corrected chi connectivity index (χ2v) is 6.35. The number of carbonyl (C=O) groups excluding carboxylic acids is 1. The van der Waals surface area contributed by atoms with Gasteiger partial charge < -0.3 is 16.4 Å². The number of nitrogens with one attached hydrogen (secondary N) is 2. The van der Waals surface area contributed by atoms with Crippen molar-refractivity contribution in [2.45, 2.75) is 63.1 Å². The van der Waals surface area contributed by atoms with Crippen molar-refractivity contribution >= 4 is 5.91 Å². The van der Waals surface area contributed by atoms with Crippen molar-refractivity contribution in [2.24, 2.45) is 17.6 Å². The first-order valence-electron chi connectivity index (χ1n) is 7.53. The molecule has 3 rings (SSSR count). The number of carbonyl (C=O) groups is 1. The lowest BCUT2D eigenvalue weighted by Crippen LogP contribution is -2.47. The number of fused-ring (bicyclic) bond motifs is 1. The lowest BCUT2D eigenvalue weighted by atomic mass is 9.85. The van der Waals surface area contributed by atoms with Gasteiger partial charge in [0.05, 0.1) is 6.04 Å². The van der Waals surface area contributed by atoms with Gasteiger partial charge >= 0.3 is 0 Å². The van der Waals surface area contributed by atoms with Crippen LogP contribution in [0.25, 0.3) is 0 Å². The van der Waals surface area contributed by atoms with Gasteiger partial charge in [-0.2, -0.15) is 0 Å². The normalized spacial score (nSPS) is 37.1. The molecule has 1 saturated heterocycles. The number of rotatable bonds is 4. The average Bonchev–Trinajstić information content (AvgIpc) is 3.14. The zero-order chi connectivity index (χ0) is 12.5. The van der Waals surface area contributed by atoms with Crippen LogP contribution in [-0.2, 0) is 4.79 Å². The molecule has 1 amide bonds. The van der Waals surface area contributed by atoms with E-state index in [0.29, 0.717) is 18.5 Å². The van der Waals surface area contributed by atoms with Crippen LogP contribution in [0.4, 0.5) is 0 Å². The van der Waals surface area contributed by atoms with Crippen molar-refractivity contribution in [2.75, 3.05) is 6.54 Å². The Kier molecular flexibility index (Phi) is 3.57. The molecule has 2 aliphatic carbocycles. The third kappa shape index (κ3) is 2.69. The summed E-state index contributed by atoms with van der Waals surface area (Å²) >= 11 is 0. The van der Waals surface area contributed by atoms with Gasteiger partial charge in [-0.15, -0.1) is 0 Å². The fraction of sp³-hybridized carbons (Fsp3) is 0.929. The molecule has 1 heterocycles. The van der Waals surface area contributed by atoms with Gasteiger partial charge in [-0.05, 0) is 43.9 Å². The number of hydrogen-bond acceptors (Lipinski definition) is 3. The largest absolute Gasteiger partial charge is 0.353 e. The van der Waals surface area contributed by atoms with Gasteiger partial charge in [0.15, 0.2) is 0 Å². The second-order valence-electron chi connectivity index (χ2n) is 6.35. The summed E-state index contributed by atoms with van der Waals surface area (Å²) in [5.74, 6) is 1.55. The van der Waals surface area contributed by atoms with Crippen LogP contribution in [0.5, 0.6) is 0 Å². The Morgan fingerprint density at radius 2 is 2.06 bits per heavy atom. The van der Waals surface area contributed by atoms with Crippen molar-refractivity contribution in [1.82, 2.24) is 10.6 Å². The van der Waals surface area contributed by atoms with Crippen LogP contribution in [0.15, 0.2) is 0 Å². The fourth-order valence-electron chi connectivity index (χ4n) is 3.55. The Hall–Kier alpha value is -0.610. The minimum Gasteiger partial charge on any atom is -0.353 e. The van der Waals surface area contributed by atoms with Crippen LogP contribution >= 0.6 is 0 Å². The topological polar surface area (TPSA) is 67.1 Å². The van der Waals surface area contributed by atoms with E-state index in [1.165, 1.54) is 38.5 Å². The van der Waals surface area contributed by atoms with Crippen molar-refractivity contribution in [3.8, 4) is 0 Å². The number of hydrogen-bond donors (Lipinski definition) is 3. The van der Waals surface area contributed by atoms with Crippen molar-refractivity contribution < 1.29 is 4.79 Å². The Bertz CT molecular complexity index is 302. The lowest BCUT2D eigenvalue weighted by Gasteiger charge is -2.24. The molecule has 4 heteroatoms. The van der Waals surface area contributed by atoms with Crippen LogP contribution in [0, 0.1) is 11.8 Å². The molecule has 4 atom stereocenters. The highest BCUT2D eigenvalue weighted by molar-refractivity contribution is 5.82. The summed E-state index contributed by atoms with van der Waals surface area (Å²) in [5.41, 5.74) is 6.01. The molecule has 2 saturated carbocycles. The minimum atomic E-state index is 0.0319. The van der Waals surface area contributed by atoms with Gasteiger partial charge in [-0.3, -0.25) is 4.79 Å². The highest BCUT2D eigenvalue weighted by atomic mass is 16.2. The molecule has 0 spiro atoms. The maximum atomic E-state index is 12.1. The fourth-order valence-corrected chi connectivity index (χ4v) is 3.55. The van der Waals surface area contributed by atoms with Gasteiger partial charge in [0.2, 0.25) is 5.91 Å². The van der Waals surface area contributed by atoms with E-state index >= 15 is 0 Å². The molecule has 1 aliphatic heterocycles. The first-order valence-corrected chi connectivity index (χ1v) is 7.53. The summed E-state index contributed by atoms with van der Waals surface area (Å²) in [4.78, 5) is 12.1. The van der Waals surface area contributed by atoms with E-state index < -0.39 is 0 Å². The molecular weight excluding hydrogens is 226 g/mol. The number of nitrogens with two attached hydrogens (primary N) is 1. The zero-order valence-electron chi connectivity index (χ0n) is 11.0. The molecule has 18 heavy (non-hydrogen) atoms. The molecule has 0 aromatic rings. The predicted octanol–water partition coefficient (Wildman–Crippen LogP) is 0.761. The summed E-state index contributed by atoms with van der Waals surface area (Å²) in [6.45, 7) is 0.650. The quantitative estimate of drug-likeness (QED) is 0.691. The van der Waals surface area contributed by atoms with Crippen LogP contribution in [0.2, 0.25) is 0 Å². The molecule has 3 fully saturated rings. The highest BCUT2D eigenvalue weighted by Crippen LogP contribution is 2.33. The summed E-state index contributed by atoms with van der Waals surface area (Å²) in [7, 11) is 0. The predicted molar refractivity (Wildman–Crippen MR) is 71.0 cm³/mol. The van der Waals surface area contributed by atoms with E-state index in [4.69, 9.17) is 5.73 Å². The van der Waals surface area contributed by atoms with Crippen LogP contribution in [0.1, 0.15) is 44.9 Å². The maximum Gasteiger partial charge on any atom is 0.237 e. The minimum absolute atomic E-state index is 0.0319. The molecule has 0 aromatic carbocycles. The van der Waals surface area contributed by atoms with E-state index in [2.05, 4.69) is 10.6 Å². The first-order chi connectivity index (χ1) is 8.74. The van der Waals surface area contributed by atoms with Crippen molar-refractivity contribution in [3.05, 3.63) is 0 Å². The van der Waals surface area contributed by atoms with E-state index in [9.17, 15) is 4.79 Å². The molecular formula is C14H25N3O. The molecule has 4 unspecified atom stereocenters. The van der Waals surface area contributed by atoms with Crippen LogP contribution in [0.3, 0.4) is 0 Å². The van der Waals surface area contributed by atoms with Gasteiger partial charge in [-0.25, -0.2) is 0 Å². The smallest absolute Gasteiger partial charge is 0.237 e. The van der Waals surface area contributed by atoms with Gasteiger partial charge in [0.1, 0.15) is 0 Å². The summed E-state index contributed by atoms with van der Waals surface area (Å²) < 4.78 is 0. The summed E-state index contributed by atoms with van der Waals surface area (Å²) in [5, 5.41) is 6.54. The van der Waals surface area contributed by atoms with E-state index in [0.717, 1.165) is 12.3 Å². The van der Waals surface area contributed by atoms with E-state index in [1.54, 1.807) is 0 Å². The third-order valence-electron chi connectivity index (χ3n) is 4.92. The number of amides is 1. The van der Waals surface area contributed by atoms with Crippen LogP contribution < -0.4 is 16.4 Å². The Morgan fingerprint density at radius 3 is 2.78 bits per heavy atom. The second kappa shape index (κ2) is 5.17. The van der Waals surface area contributed by atoms with Gasteiger partial charge in [0, 0.05) is 18.6 Å². The van der Waals surface area contributed by atoms with Gasteiger partial charge in [-0.1, -0.05) is 12.8 Å². The molecule has 3 aliphatic rings. The van der Waals surface area contributed by atoms with Crippen molar-refractivity contribution in [1.29, 1.82) is 0 Å². The molecule has 102 valence electrons. The molecule has 4 nitrogen and oxygen atoms in total. The maximum absolute atomic E-state index is 12.1. The average molecular weight is 251 g/mol. The standard InChI is InChI=1S/C14H25N3O/c15-11(9-5-6-9)8-16-14(18)13-7-10-3-1-2-4-12(10)17-13/h9-13,17H,1-8,15H2,(H,16,18). The molecule has 0 radical (unpaired) electrons. The zero-order valence-corrected chi connectivity index (χ0v) is 11.0. The molecule has 0 bridgehead atoms. The third-order valence-corrected chi connectivity index (χ3v) is 4.92. The SMILES string of the molecule is NC(CNC(=O)C1CC2CCCCC2N1)C1CC1. The van der Waals surface area contributed by atoms with E-state index in [1.807, 2.05) is 0 Å². The molecule has 0 aromatic heterocycles. The Labute approximate surface area is 109 Å². The highest BCUT2D eigenvalue weighted by Gasteiger charge is 2.38. The Balaban J connectivity index is 1.44. The summed E-state index contributed by atoms with van der Waals surface area (Å²) in [6, 6.07) is 0.786. The van der Waals surface area contributed by atoms with Gasteiger partial charge in [0.25, 0.3) is 0 Å². The lowest BCUT2D eigenvalue weighted by molar-refractivity contribution is -0.123. The van der Waals surface area contributed by atoms with Crippen LogP contribution in [-0.4, -0.2) is 30.6 Å².